The fourth-order valence-corrected chi connectivity index (χ4v) is 6.37. The van der Waals surface area contributed by atoms with Crippen LogP contribution in [0.2, 0.25) is 5.02 Å². The maximum Gasteiger partial charge on any atom is 0.329 e. The quantitative estimate of drug-likeness (QED) is 0.115. The Morgan fingerprint density at radius 2 is 1.77 bits per heavy atom. The van der Waals surface area contributed by atoms with Crippen LogP contribution in [0.3, 0.4) is 0 Å². The molecule has 0 spiro atoms. The number of nitrogens with two attached hydrogens (primary N) is 3. The van der Waals surface area contributed by atoms with Gasteiger partial charge in [-0.05, 0) is 49.7 Å². The normalized spacial score (nSPS) is 12.7. The standard InChI is InChI=1S/C32H31ClN8O4S2/c1-32(31(43)44,41-28(42)25(37)10-12-34)11-13-45-22-8-4-18(5-9-22)26-23(14-35)27(38)40-30(24(26)15-36)47-17-21-16-46-29(39-21)19-2-6-20(33)7-3-19/h2-9,16,25H,10-13,17,34,37H2,1H3,(H2,38,40)(H,41,42)(H,43,44)/t25-,32+/m0/s1. The van der Waals surface area contributed by atoms with Gasteiger partial charge in [0, 0.05) is 33.7 Å². The number of aliphatic carboxylic acids is 1. The second kappa shape index (κ2) is 15.7. The molecule has 8 N–H and O–H groups in total. The average Bonchev–Trinajstić information content (AvgIpc) is 3.53. The van der Waals surface area contributed by atoms with E-state index in [1.165, 1.54) is 30.0 Å². The highest BCUT2D eigenvalue weighted by molar-refractivity contribution is 7.98. The Labute approximate surface area is 284 Å². The summed E-state index contributed by atoms with van der Waals surface area (Å²) in [5.41, 5.74) is 18.7. The smallest absolute Gasteiger partial charge is 0.329 e. The first-order valence-corrected chi connectivity index (χ1v) is 16.4. The van der Waals surface area contributed by atoms with Crippen LogP contribution in [0, 0.1) is 22.7 Å². The number of carboxylic acid groups (broad SMARTS) is 1. The van der Waals surface area contributed by atoms with Gasteiger partial charge < -0.3 is 32.4 Å². The molecule has 0 saturated carbocycles. The number of thioether (sulfide) groups is 1. The van der Waals surface area contributed by atoms with Crippen molar-refractivity contribution in [3.05, 3.63) is 75.8 Å². The number of aromatic nitrogens is 2. The SMILES string of the molecule is C[C@](CCOc1ccc(-c2c(C#N)c(N)nc(SCc3csc(-c4ccc(Cl)cc4)n3)c2C#N)cc1)(NC(=O)[C@@H](N)CCN)C(=O)O. The number of ether oxygens (including phenoxy) is 1. The minimum absolute atomic E-state index is 0.00866. The van der Waals surface area contributed by atoms with Gasteiger partial charge in [0.25, 0.3) is 0 Å². The number of nitrogen functional groups attached to an aromatic ring is 1. The summed E-state index contributed by atoms with van der Waals surface area (Å²) >= 11 is 8.77. The van der Waals surface area contributed by atoms with Crippen LogP contribution in [-0.4, -0.2) is 51.7 Å². The number of carbonyl (C=O) groups is 2. The Bertz CT molecular complexity index is 1840. The van der Waals surface area contributed by atoms with Crippen molar-refractivity contribution in [3.8, 4) is 39.6 Å². The third kappa shape index (κ3) is 8.56. The van der Waals surface area contributed by atoms with Crippen LogP contribution in [0.25, 0.3) is 21.7 Å². The molecule has 0 radical (unpaired) electrons. The minimum Gasteiger partial charge on any atom is -0.493 e. The van der Waals surface area contributed by atoms with Crippen LogP contribution in [0.1, 0.15) is 36.6 Å². The largest absolute Gasteiger partial charge is 0.493 e. The predicted octanol–water partition coefficient (Wildman–Crippen LogP) is 4.55. The number of nitriles is 2. The molecule has 242 valence electrons. The van der Waals surface area contributed by atoms with Crippen molar-refractivity contribution in [1.29, 1.82) is 10.5 Å². The molecule has 2 heterocycles. The topological polar surface area (TPSA) is 227 Å². The predicted molar refractivity (Wildman–Crippen MR) is 182 cm³/mol. The molecule has 0 saturated heterocycles. The van der Waals surface area contributed by atoms with Gasteiger partial charge in [-0.2, -0.15) is 10.5 Å². The van der Waals surface area contributed by atoms with E-state index in [4.69, 9.17) is 33.5 Å². The minimum atomic E-state index is -1.62. The number of thiazole rings is 1. The number of benzene rings is 2. The lowest BCUT2D eigenvalue weighted by Crippen LogP contribution is -2.57. The molecule has 1 amide bonds. The summed E-state index contributed by atoms with van der Waals surface area (Å²) in [6.45, 7) is 1.52. The molecule has 2 atom stereocenters. The van der Waals surface area contributed by atoms with Crippen molar-refractivity contribution >= 4 is 52.4 Å². The van der Waals surface area contributed by atoms with Gasteiger partial charge in [0.15, 0.2) is 0 Å². The van der Waals surface area contributed by atoms with Gasteiger partial charge in [-0.1, -0.05) is 47.6 Å². The molecule has 0 aliphatic rings. The summed E-state index contributed by atoms with van der Waals surface area (Å²) in [7, 11) is 0. The summed E-state index contributed by atoms with van der Waals surface area (Å²) in [5, 5.41) is 36.1. The van der Waals surface area contributed by atoms with E-state index in [9.17, 15) is 25.2 Å². The Balaban J connectivity index is 1.49. The van der Waals surface area contributed by atoms with Crippen LogP contribution in [0.5, 0.6) is 5.75 Å². The van der Waals surface area contributed by atoms with Crippen molar-refractivity contribution in [3.63, 3.8) is 0 Å². The molecule has 2 aromatic carbocycles. The van der Waals surface area contributed by atoms with Crippen LogP contribution in [0.15, 0.2) is 58.9 Å². The Hall–Kier alpha value is -4.70. The number of anilines is 1. The zero-order valence-corrected chi connectivity index (χ0v) is 27.6. The average molecular weight is 691 g/mol. The van der Waals surface area contributed by atoms with Crippen molar-refractivity contribution in [2.24, 2.45) is 11.5 Å². The van der Waals surface area contributed by atoms with Gasteiger partial charge in [-0.3, -0.25) is 4.79 Å². The molecular weight excluding hydrogens is 660 g/mol. The maximum absolute atomic E-state index is 12.3. The second-order valence-corrected chi connectivity index (χ2v) is 12.8. The first kappa shape index (κ1) is 35.2. The van der Waals surface area contributed by atoms with Gasteiger partial charge >= 0.3 is 5.97 Å². The van der Waals surface area contributed by atoms with Gasteiger partial charge in [0.05, 0.1) is 23.9 Å². The summed E-state index contributed by atoms with van der Waals surface area (Å²) in [6.07, 6.45) is 0.163. The summed E-state index contributed by atoms with van der Waals surface area (Å²) < 4.78 is 5.77. The van der Waals surface area contributed by atoms with Gasteiger partial charge in [0.2, 0.25) is 5.91 Å². The molecule has 0 aliphatic carbocycles. The highest BCUT2D eigenvalue weighted by Gasteiger charge is 2.36. The lowest BCUT2D eigenvalue weighted by Gasteiger charge is -2.27. The van der Waals surface area contributed by atoms with E-state index < -0.39 is 23.5 Å². The number of rotatable bonds is 14. The number of hydrogen-bond donors (Lipinski definition) is 5. The third-order valence-corrected chi connectivity index (χ3v) is 9.32. The van der Waals surface area contributed by atoms with E-state index in [1.807, 2.05) is 17.5 Å². The van der Waals surface area contributed by atoms with Crippen LogP contribution < -0.4 is 27.3 Å². The highest BCUT2D eigenvalue weighted by Crippen LogP contribution is 2.37. The zero-order chi connectivity index (χ0) is 34.1. The number of hydrogen-bond acceptors (Lipinski definition) is 12. The Morgan fingerprint density at radius 3 is 2.38 bits per heavy atom. The van der Waals surface area contributed by atoms with Gasteiger partial charge in [-0.15, -0.1) is 11.3 Å². The molecule has 2 aromatic heterocycles. The highest BCUT2D eigenvalue weighted by atomic mass is 35.5. The number of pyridine rings is 1. The Morgan fingerprint density at radius 1 is 1.11 bits per heavy atom. The van der Waals surface area contributed by atoms with Crippen LogP contribution in [0.4, 0.5) is 5.82 Å². The third-order valence-electron chi connectivity index (χ3n) is 7.11. The molecule has 0 fully saturated rings. The molecule has 0 aliphatic heterocycles. The monoisotopic (exact) mass is 690 g/mol. The van der Waals surface area contributed by atoms with Crippen LogP contribution >= 0.6 is 34.7 Å². The zero-order valence-electron chi connectivity index (χ0n) is 25.2. The molecule has 0 unspecified atom stereocenters. The number of halogens is 1. The summed E-state index contributed by atoms with van der Waals surface area (Å²) in [6, 6.07) is 17.3. The maximum atomic E-state index is 12.3. The molecule has 47 heavy (non-hydrogen) atoms. The van der Waals surface area contributed by atoms with Crippen molar-refractivity contribution < 1.29 is 19.4 Å². The first-order chi connectivity index (χ1) is 22.5. The van der Waals surface area contributed by atoms with Gasteiger partial charge in [-0.25, -0.2) is 14.8 Å². The van der Waals surface area contributed by atoms with E-state index in [1.54, 1.807) is 36.4 Å². The van der Waals surface area contributed by atoms with E-state index in [-0.39, 0.29) is 42.9 Å². The number of nitrogens with zero attached hydrogens (tertiary/aromatic N) is 4. The number of carbonyl (C=O) groups excluding carboxylic acids is 1. The fraction of sp³-hybridized carbons (Fsp3) is 0.250. The number of carboxylic acids is 1. The number of amides is 1. The lowest BCUT2D eigenvalue weighted by molar-refractivity contribution is -0.147. The second-order valence-electron chi connectivity index (χ2n) is 10.5. The first-order valence-electron chi connectivity index (χ1n) is 14.2. The van der Waals surface area contributed by atoms with Crippen molar-refractivity contribution in [2.45, 2.75) is 42.1 Å². The van der Waals surface area contributed by atoms with Crippen molar-refractivity contribution in [2.75, 3.05) is 18.9 Å². The van der Waals surface area contributed by atoms with Gasteiger partial charge in [0.1, 0.15) is 44.8 Å². The van der Waals surface area contributed by atoms with E-state index in [0.29, 0.717) is 32.7 Å². The summed E-state index contributed by atoms with van der Waals surface area (Å²) in [4.78, 5) is 33.3. The summed E-state index contributed by atoms with van der Waals surface area (Å²) in [5.74, 6) is -1.04. The molecule has 4 aromatic rings. The molecule has 12 nitrogen and oxygen atoms in total. The van der Waals surface area contributed by atoms with E-state index in [2.05, 4.69) is 27.4 Å². The van der Waals surface area contributed by atoms with E-state index in [0.717, 1.165) is 16.3 Å². The Kier molecular flexibility index (Phi) is 11.8. The molecule has 4 rings (SSSR count). The van der Waals surface area contributed by atoms with Crippen molar-refractivity contribution in [1.82, 2.24) is 15.3 Å². The molecule has 0 bridgehead atoms. The fourth-order valence-electron chi connectivity index (χ4n) is 4.42. The van der Waals surface area contributed by atoms with E-state index >= 15 is 0 Å². The lowest BCUT2D eigenvalue weighted by atomic mass is 9.96. The number of nitrogens with one attached hydrogen (secondary N) is 1. The molecule has 15 heteroatoms. The molecular formula is C32H31ClN8O4S2. The van der Waals surface area contributed by atoms with Crippen LogP contribution in [-0.2, 0) is 15.3 Å².